The van der Waals surface area contributed by atoms with Gasteiger partial charge in [0.25, 0.3) is 0 Å². The van der Waals surface area contributed by atoms with Crippen LogP contribution >= 0.6 is 0 Å². The lowest BCUT2D eigenvalue weighted by Crippen LogP contribution is -2.15. The van der Waals surface area contributed by atoms with Gasteiger partial charge in [0.1, 0.15) is 11.5 Å². The second kappa shape index (κ2) is 8.39. The molecular formula is C22H23NO3. The minimum Gasteiger partial charge on any atom is -0.494 e. The Balaban J connectivity index is 1.76. The highest BCUT2D eigenvalue weighted by Gasteiger charge is 2.11. The predicted molar refractivity (Wildman–Crippen MR) is 105 cm³/mol. The summed E-state index contributed by atoms with van der Waals surface area (Å²) >= 11 is 0. The number of fused-ring (bicyclic) bond motifs is 1. The number of hydrogen-bond acceptors (Lipinski definition) is 3. The van der Waals surface area contributed by atoms with Crippen LogP contribution < -0.4 is 14.8 Å². The zero-order valence-electron chi connectivity index (χ0n) is 15.1. The average Bonchev–Trinajstić information content (AvgIpc) is 2.64. The van der Waals surface area contributed by atoms with E-state index in [0.717, 1.165) is 10.9 Å². The Labute approximate surface area is 153 Å². The second-order valence-electron chi connectivity index (χ2n) is 5.93. The monoisotopic (exact) mass is 349 g/mol. The lowest BCUT2D eigenvalue weighted by atomic mass is 10.0. The molecule has 3 rings (SSSR count). The van der Waals surface area contributed by atoms with Gasteiger partial charge in [0.05, 0.1) is 25.3 Å². The van der Waals surface area contributed by atoms with Crippen LogP contribution in [0.2, 0.25) is 0 Å². The first-order chi connectivity index (χ1) is 12.7. The van der Waals surface area contributed by atoms with Gasteiger partial charge in [-0.1, -0.05) is 42.5 Å². The van der Waals surface area contributed by atoms with E-state index in [1.807, 2.05) is 50.2 Å². The van der Waals surface area contributed by atoms with Crippen molar-refractivity contribution in [3.8, 4) is 11.5 Å². The molecule has 3 aromatic carbocycles. The van der Waals surface area contributed by atoms with E-state index in [9.17, 15) is 4.79 Å². The minimum atomic E-state index is -0.0881. The molecule has 0 aliphatic rings. The van der Waals surface area contributed by atoms with Crippen molar-refractivity contribution >= 4 is 22.4 Å². The number of benzene rings is 3. The molecule has 0 unspecified atom stereocenters. The van der Waals surface area contributed by atoms with Crippen LogP contribution in [0.15, 0.2) is 60.7 Å². The summed E-state index contributed by atoms with van der Waals surface area (Å²) in [5.41, 5.74) is 1.60. The average molecular weight is 349 g/mol. The zero-order chi connectivity index (χ0) is 18.4. The second-order valence-corrected chi connectivity index (χ2v) is 5.93. The number of hydrogen-bond donors (Lipinski definition) is 1. The molecule has 0 aliphatic heterocycles. The molecule has 0 bridgehead atoms. The molecule has 1 amide bonds. The maximum atomic E-state index is 12.5. The van der Waals surface area contributed by atoms with Gasteiger partial charge in [0, 0.05) is 6.07 Å². The number of rotatable bonds is 7. The largest absolute Gasteiger partial charge is 0.494 e. The van der Waals surface area contributed by atoms with Gasteiger partial charge >= 0.3 is 0 Å². The molecule has 0 radical (unpaired) electrons. The third-order valence-electron chi connectivity index (χ3n) is 4.01. The molecule has 0 fully saturated rings. The zero-order valence-corrected chi connectivity index (χ0v) is 15.1. The van der Waals surface area contributed by atoms with Gasteiger partial charge in [-0.2, -0.15) is 0 Å². The molecule has 0 aliphatic carbocycles. The first-order valence-electron chi connectivity index (χ1n) is 8.86. The number of ether oxygens (including phenoxy) is 2. The fourth-order valence-electron chi connectivity index (χ4n) is 2.87. The van der Waals surface area contributed by atoms with E-state index in [2.05, 4.69) is 23.5 Å². The Hall–Kier alpha value is -3.01. The van der Waals surface area contributed by atoms with Crippen LogP contribution in [0.3, 0.4) is 0 Å². The summed E-state index contributed by atoms with van der Waals surface area (Å²) < 4.78 is 11.1. The van der Waals surface area contributed by atoms with Gasteiger partial charge < -0.3 is 14.8 Å². The number of nitrogens with one attached hydrogen (secondary N) is 1. The highest BCUT2D eigenvalue weighted by molar-refractivity contribution is 5.94. The van der Waals surface area contributed by atoms with E-state index in [1.54, 1.807) is 6.07 Å². The molecule has 4 nitrogen and oxygen atoms in total. The fraction of sp³-hybridized carbons (Fsp3) is 0.227. The van der Waals surface area contributed by atoms with Gasteiger partial charge in [-0.3, -0.25) is 4.79 Å². The van der Waals surface area contributed by atoms with Crippen molar-refractivity contribution in [2.75, 3.05) is 18.5 Å². The predicted octanol–water partition coefficient (Wildman–Crippen LogP) is 4.82. The van der Waals surface area contributed by atoms with E-state index < -0.39 is 0 Å². The summed E-state index contributed by atoms with van der Waals surface area (Å²) in [6, 6.07) is 19.7. The van der Waals surface area contributed by atoms with Crippen LogP contribution in [0.4, 0.5) is 5.69 Å². The van der Waals surface area contributed by atoms with Gasteiger partial charge in [0.15, 0.2) is 0 Å². The number of carbonyl (C=O) groups excluding carboxylic acids is 1. The Bertz CT molecular complexity index is 905. The van der Waals surface area contributed by atoms with Crippen molar-refractivity contribution in [2.24, 2.45) is 0 Å². The van der Waals surface area contributed by atoms with Gasteiger partial charge in [0.2, 0.25) is 5.91 Å². The quantitative estimate of drug-likeness (QED) is 0.665. The third-order valence-corrected chi connectivity index (χ3v) is 4.01. The summed E-state index contributed by atoms with van der Waals surface area (Å²) in [6.07, 6.45) is 0.301. The fourth-order valence-corrected chi connectivity index (χ4v) is 2.87. The number of amides is 1. The van der Waals surface area contributed by atoms with Gasteiger partial charge in [-0.05, 0) is 42.3 Å². The minimum absolute atomic E-state index is 0.0881. The smallest absolute Gasteiger partial charge is 0.228 e. The Morgan fingerprint density at radius 3 is 2.42 bits per heavy atom. The number of anilines is 1. The van der Waals surface area contributed by atoms with Crippen molar-refractivity contribution in [1.82, 2.24) is 0 Å². The maximum Gasteiger partial charge on any atom is 0.228 e. The number of carbonyl (C=O) groups is 1. The van der Waals surface area contributed by atoms with Crippen LogP contribution in [-0.2, 0) is 11.2 Å². The van der Waals surface area contributed by atoms with E-state index in [0.29, 0.717) is 36.8 Å². The van der Waals surface area contributed by atoms with Crippen molar-refractivity contribution in [2.45, 2.75) is 20.3 Å². The first kappa shape index (κ1) is 17.8. The molecule has 0 aromatic heterocycles. The molecule has 4 heteroatoms. The topological polar surface area (TPSA) is 47.6 Å². The van der Waals surface area contributed by atoms with Gasteiger partial charge in [-0.25, -0.2) is 0 Å². The highest BCUT2D eigenvalue weighted by atomic mass is 16.5. The summed E-state index contributed by atoms with van der Waals surface area (Å²) in [4.78, 5) is 12.5. The molecule has 0 spiro atoms. The summed E-state index contributed by atoms with van der Waals surface area (Å²) in [6.45, 7) is 4.94. The molecule has 3 aromatic rings. The molecule has 0 atom stereocenters. The van der Waals surface area contributed by atoms with Crippen LogP contribution in [-0.4, -0.2) is 19.1 Å². The lowest BCUT2D eigenvalue weighted by Gasteiger charge is -2.13. The van der Waals surface area contributed by atoms with Crippen molar-refractivity contribution < 1.29 is 14.3 Å². The molecular weight excluding hydrogens is 326 g/mol. The van der Waals surface area contributed by atoms with Gasteiger partial charge in [-0.15, -0.1) is 0 Å². The SMILES string of the molecule is CCOc1ccc(OCC)c(NC(=O)Cc2ccc3ccccc3c2)c1. The summed E-state index contributed by atoms with van der Waals surface area (Å²) in [5.74, 6) is 1.26. The van der Waals surface area contributed by atoms with E-state index in [-0.39, 0.29) is 5.91 Å². The van der Waals surface area contributed by atoms with Crippen molar-refractivity contribution in [1.29, 1.82) is 0 Å². The third kappa shape index (κ3) is 4.33. The van der Waals surface area contributed by atoms with Crippen LogP contribution in [0.1, 0.15) is 19.4 Å². The molecule has 0 saturated carbocycles. The van der Waals surface area contributed by atoms with E-state index in [4.69, 9.17) is 9.47 Å². The molecule has 26 heavy (non-hydrogen) atoms. The van der Waals surface area contributed by atoms with E-state index in [1.165, 1.54) is 5.39 Å². The molecule has 1 N–H and O–H groups in total. The Morgan fingerprint density at radius 1 is 0.885 bits per heavy atom. The Morgan fingerprint density at radius 2 is 1.65 bits per heavy atom. The molecule has 134 valence electrons. The molecule has 0 saturated heterocycles. The van der Waals surface area contributed by atoms with Crippen LogP contribution in [0, 0.1) is 0 Å². The normalized spacial score (nSPS) is 10.5. The van der Waals surface area contributed by atoms with Crippen LogP contribution in [0.25, 0.3) is 10.8 Å². The Kier molecular flexibility index (Phi) is 5.74. The van der Waals surface area contributed by atoms with Crippen molar-refractivity contribution in [3.05, 3.63) is 66.2 Å². The molecule has 0 heterocycles. The lowest BCUT2D eigenvalue weighted by molar-refractivity contribution is -0.115. The summed E-state index contributed by atoms with van der Waals surface area (Å²) in [7, 11) is 0. The highest BCUT2D eigenvalue weighted by Crippen LogP contribution is 2.29. The first-order valence-corrected chi connectivity index (χ1v) is 8.86. The summed E-state index contributed by atoms with van der Waals surface area (Å²) in [5, 5.41) is 5.24. The van der Waals surface area contributed by atoms with Crippen LogP contribution in [0.5, 0.6) is 11.5 Å². The maximum absolute atomic E-state index is 12.5. The van der Waals surface area contributed by atoms with Crippen molar-refractivity contribution in [3.63, 3.8) is 0 Å². The standard InChI is InChI=1S/C22H23NO3/c1-3-25-19-11-12-21(26-4-2)20(15-19)23-22(24)14-16-9-10-17-7-5-6-8-18(17)13-16/h5-13,15H,3-4,14H2,1-2H3,(H,23,24). The van der Waals surface area contributed by atoms with E-state index >= 15 is 0 Å².